The van der Waals surface area contributed by atoms with Crippen LogP contribution in [-0.4, -0.2) is 29.0 Å². The van der Waals surface area contributed by atoms with Gasteiger partial charge in [-0.25, -0.2) is 0 Å². The first-order valence-corrected chi connectivity index (χ1v) is 9.89. The normalized spacial score (nSPS) is 21.8. The monoisotopic (exact) mass is 358 g/mol. The van der Waals surface area contributed by atoms with Gasteiger partial charge in [-0.15, -0.1) is 0 Å². The summed E-state index contributed by atoms with van der Waals surface area (Å²) in [5.74, 6) is 2.05. The zero-order chi connectivity index (χ0) is 16.5. The number of hydrogen-bond acceptors (Lipinski definition) is 4. The summed E-state index contributed by atoms with van der Waals surface area (Å²) in [5, 5.41) is 7.81. The Bertz CT molecular complexity index is 779. The Morgan fingerprint density at radius 2 is 2.12 bits per heavy atom. The van der Waals surface area contributed by atoms with E-state index in [1.54, 1.807) is 0 Å². The van der Waals surface area contributed by atoms with E-state index in [0.717, 1.165) is 40.6 Å². The average Bonchev–Trinajstić information content (AvgIpc) is 3.05. The molecule has 2 aliphatic rings. The molecule has 2 aromatic rings. The first-order chi connectivity index (χ1) is 11.8. The third kappa shape index (κ3) is 2.89. The second-order valence-electron chi connectivity index (χ2n) is 6.05. The highest BCUT2D eigenvalue weighted by molar-refractivity contribution is 7.98. The lowest BCUT2D eigenvalue weighted by atomic mass is 9.96. The van der Waals surface area contributed by atoms with Crippen LogP contribution in [0.5, 0.6) is 5.75 Å². The summed E-state index contributed by atoms with van der Waals surface area (Å²) in [6.07, 6.45) is 3.96. The van der Waals surface area contributed by atoms with Gasteiger partial charge in [-0.1, -0.05) is 41.9 Å². The highest BCUT2D eigenvalue weighted by atomic mass is 35.5. The number of benzene rings is 2. The molecule has 2 aromatic carbocycles. The van der Waals surface area contributed by atoms with Gasteiger partial charge in [0.05, 0.1) is 11.8 Å². The molecule has 3 nitrogen and oxygen atoms in total. The van der Waals surface area contributed by atoms with Crippen LogP contribution < -0.4 is 4.74 Å². The number of para-hydroxylation sites is 1. The third-order valence-corrected chi connectivity index (χ3v) is 5.38. The van der Waals surface area contributed by atoms with E-state index in [4.69, 9.17) is 21.4 Å². The molecule has 5 heteroatoms. The molecule has 0 aromatic heterocycles. The maximum Gasteiger partial charge on any atom is 0.188 e. The van der Waals surface area contributed by atoms with E-state index in [0.29, 0.717) is 0 Å². The van der Waals surface area contributed by atoms with Gasteiger partial charge in [-0.05, 0) is 35.8 Å². The van der Waals surface area contributed by atoms with Crippen molar-refractivity contribution >= 4 is 29.1 Å². The number of rotatable bonds is 4. The zero-order valence-electron chi connectivity index (χ0n) is 13.5. The van der Waals surface area contributed by atoms with Crippen LogP contribution in [0.1, 0.15) is 30.0 Å². The predicted octanol–water partition coefficient (Wildman–Crippen LogP) is 4.96. The molecule has 0 unspecified atom stereocenters. The zero-order valence-corrected chi connectivity index (χ0v) is 15.1. The largest absolute Gasteiger partial charge is 0.469 e. The summed E-state index contributed by atoms with van der Waals surface area (Å²) in [4.78, 5) is 0. The van der Waals surface area contributed by atoms with E-state index in [-0.39, 0.29) is 12.3 Å². The van der Waals surface area contributed by atoms with Gasteiger partial charge in [0.25, 0.3) is 0 Å². The van der Waals surface area contributed by atoms with Crippen LogP contribution >= 0.6 is 23.4 Å². The molecule has 24 heavy (non-hydrogen) atoms. The Kier molecular flexibility index (Phi) is 4.42. The lowest BCUT2D eigenvalue weighted by Gasteiger charge is -2.38. The predicted molar refractivity (Wildman–Crippen MR) is 101 cm³/mol. The van der Waals surface area contributed by atoms with Gasteiger partial charge in [-0.2, -0.15) is 16.9 Å². The molecule has 0 radical (unpaired) electrons. The maximum atomic E-state index is 6.24. The van der Waals surface area contributed by atoms with Crippen molar-refractivity contribution < 1.29 is 4.74 Å². The van der Waals surface area contributed by atoms with Crippen LogP contribution in [0.2, 0.25) is 5.02 Å². The summed E-state index contributed by atoms with van der Waals surface area (Å²) < 4.78 is 6.24. The standard InChI is InChI=1S/C19H19ClN2OS/c1-24-10-9-19-22-17(15-7-2-3-8-18(15)23-19)12-16(21-22)13-5-4-6-14(20)11-13/h2-8,11,17,19H,9-10,12H2,1H3/t17-,19+/m1/s1. The van der Waals surface area contributed by atoms with E-state index in [9.17, 15) is 0 Å². The molecule has 0 saturated heterocycles. The molecule has 0 spiro atoms. The molecule has 0 N–H and O–H groups in total. The fourth-order valence-corrected chi connectivity index (χ4v) is 3.99. The van der Waals surface area contributed by atoms with Gasteiger partial charge in [0.2, 0.25) is 0 Å². The highest BCUT2D eigenvalue weighted by Gasteiger charge is 2.39. The summed E-state index contributed by atoms with van der Waals surface area (Å²) >= 11 is 8.00. The van der Waals surface area contributed by atoms with Crippen molar-refractivity contribution in [3.63, 3.8) is 0 Å². The van der Waals surface area contributed by atoms with E-state index in [1.807, 2.05) is 36.0 Å². The van der Waals surface area contributed by atoms with Crippen LogP contribution in [0.25, 0.3) is 0 Å². The van der Waals surface area contributed by atoms with Crippen LogP contribution in [0.4, 0.5) is 0 Å². The minimum absolute atomic E-state index is 0.00552. The van der Waals surface area contributed by atoms with Crippen molar-refractivity contribution in [2.75, 3.05) is 12.0 Å². The number of nitrogens with zero attached hydrogens (tertiary/aromatic N) is 2. The van der Waals surface area contributed by atoms with E-state index >= 15 is 0 Å². The minimum Gasteiger partial charge on any atom is -0.469 e. The first kappa shape index (κ1) is 15.9. The lowest BCUT2D eigenvalue weighted by molar-refractivity contribution is -0.0180. The van der Waals surface area contributed by atoms with Gasteiger partial charge >= 0.3 is 0 Å². The Morgan fingerprint density at radius 1 is 1.25 bits per heavy atom. The Morgan fingerprint density at radius 3 is 2.96 bits per heavy atom. The van der Waals surface area contributed by atoms with Gasteiger partial charge in [0, 0.05) is 23.4 Å². The molecule has 0 amide bonds. The van der Waals surface area contributed by atoms with Crippen LogP contribution in [0.15, 0.2) is 53.6 Å². The Balaban J connectivity index is 1.69. The van der Waals surface area contributed by atoms with E-state index in [1.165, 1.54) is 5.56 Å². The number of thioether (sulfide) groups is 1. The summed E-state index contributed by atoms with van der Waals surface area (Å²) in [7, 11) is 0. The molecule has 4 rings (SSSR count). The molecule has 0 aliphatic carbocycles. The topological polar surface area (TPSA) is 24.8 Å². The average molecular weight is 359 g/mol. The fraction of sp³-hybridized carbons (Fsp3) is 0.316. The second kappa shape index (κ2) is 6.69. The molecular formula is C19H19ClN2OS. The van der Waals surface area contributed by atoms with Crippen LogP contribution in [-0.2, 0) is 0 Å². The van der Waals surface area contributed by atoms with Crippen LogP contribution in [0, 0.1) is 0 Å². The van der Waals surface area contributed by atoms with Crippen LogP contribution in [0.3, 0.4) is 0 Å². The van der Waals surface area contributed by atoms with Crippen molar-refractivity contribution in [1.29, 1.82) is 0 Å². The molecule has 0 bridgehead atoms. The number of halogens is 1. The summed E-state index contributed by atoms with van der Waals surface area (Å²) in [6, 6.07) is 16.5. The van der Waals surface area contributed by atoms with Crippen molar-refractivity contribution in [2.24, 2.45) is 5.10 Å². The smallest absolute Gasteiger partial charge is 0.188 e. The number of hydrogen-bond donors (Lipinski definition) is 0. The second-order valence-corrected chi connectivity index (χ2v) is 7.47. The van der Waals surface area contributed by atoms with E-state index in [2.05, 4.69) is 35.5 Å². The molecule has 124 valence electrons. The lowest BCUT2D eigenvalue weighted by Crippen LogP contribution is -2.40. The van der Waals surface area contributed by atoms with Gasteiger partial charge in [-0.3, -0.25) is 5.01 Å². The Hall–Kier alpha value is -1.65. The molecule has 0 saturated carbocycles. The van der Waals surface area contributed by atoms with Crippen molar-refractivity contribution in [1.82, 2.24) is 5.01 Å². The van der Waals surface area contributed by atoms with Crippen molar-refractivity contribution in [3.8, 4) is 5.75 Å². The molecule has 0 fully saturated rings. The number of ether oxygens (including phenoxy) is 1. The maximum absolute atomic E-state index is 6.24. The third-order valence-electron chi connectivity index (χ3n) is 4.51. The number of hydrazone groups is 1. The van der Waals surface area contributed by atoms with Crippen molar-refractivity contribution in [3.05, 3.63) is 64.7 Å². The van der Waals surface area contributed by atoms with Crippen molar-refractivity contribution in [2.45, 2.75) is 25.1 Å². The van der Waals surface area contributed by atoms with Gasteiger partial charge in [0.15, 0.2) is 6.23 Å². The SMILES string of the molecule is CSCC[C@@H]1Oc2ccccc2[C@H]2CC(c3cccc(Cl)c3)=NN12. The van der Waals surface area contributed by atoms with Gasteiger partial charge < -0.3 is 4.74 Å². The molecule has 2 aliphatic heterocycles. The molecule has 2 heterocycles. The summed E-state index contributed by atoms with van der Waals surface area (Å²) in [6.45, 7) is 0. The minimum atomic E-state index is -0.00552. The van der Waals surface area contributed by atoms with E-state index < -0.39 is 0 Å². The quantitative estimate of drug-likeness (QED) is 0.772. The number of fused-ring (bicyclic) bond motifs is 3. The molecular weight excluding hydrogens is 340 g/mol. The fourth-order valence-electron chi connectivity index (χ4n) is 3.36. The van der Waals surface area contributed by atoms with Gasteiger partial charge in [0.1, 0.15) is 5.75 Å². The summed E-state index contributed by atoms with van der Waals surface area (Å²) in [5.41, 5.74) is 3.40. The Labute approximate surface area is 151 Å². The highest BCUT2D eigenvalue weighted by Crippen LogP contribution is 2.43. The molecule has 2 atom stereocenters. The first-order valence-electron chi connectivity index (χ1n) is 8.12.